The van der Waals surface area contributed by atoms with Gasteiger partial charge in [-0.25, -0.2) is 4.79 Å². The third-order valence-electron chi connectivity index (χ3n) is 3.55. The Kier molecular flexibility index (Phi) is 6.19. The molecule has 138 valence electrons. The minimum Gasteiger partial charge on any atom is -0.477 e. The molecule has 1 amide bonds. The van der Waals surface area contributed by atoms with Crippen molar-refractivity contribution in [2.24, 2.45) is 0 Å². The Morgan fingerprint density at radius 3 is 2.48 bits per heavy atom. The number of aromatic carboxylic acids is 1. The Balaban J connectivity index is 1.61. The lowest BCUT2D eigenvalue weighted by molar-refractivity contribution is -0.121. The SMILES string of the molecule is O=C(COCc1ccccc1)Nc1ccccc1Oc1ccsc1C(=O)O. The smallest absolute Gasteiger partial charge is 0.349 e. The zero-order chi connectivity index (χ0) is 19.1. The van der Waals surface area contributed by atoms with E-state index in [2.05, 4.69) is 5.32 Å². The maximum Gasteiger partial charge on any atom is 0.349 e. The van der Waals surface area contributed by atoms with E-state index in [1.54, 1.807) is 35.7 Å². The van der Waals surface area contributed by atoms with Gasteiger partial charge in [0.2, 0.25) is 5.91 Å². The van der Waals surface area contributed by atoms with Crippen molar-refractivity contribution >= 4 is 28.9 Å². The van der Waals surface area contributed by atoms with Crippen molar-refractivity contribution in [1.82, 2.24) is 0 Å². The summed E-state index contributed by atoms with van der Waals surface area (Å²) in [5.41, 5.74) is 1.42. The molecule has 0 radical (unpaired) electrons. The summed E-state index contributed by atoms with van der Waals surface area (Å²) in [5, 5.41) is 13.5. The van der Waals surface area contributed by atoms with E-state index < -0.39 is 5.97 Å². The molecule has 3 rings (SSSR count). The number of thiophene rings is 1. The Bertz CT molecular complexity index is 923. The van der Waals surface area contributed by atoms with E-state index >= 15 is 0 Å². The molecule has 6 nitrogen and oxygen atoms in total. The van der Waals surface area contributed by atoms with Gasteiger partial charge in [0.1, 0.15) is 6.61 Å². The molecule has 0 bridgehead atoms. The molecule has 0 spiro atoms. The molecule has 3 aromatic rings. The number of benzene rings is 2. The van der Waals surface area contributed by atoms with E-state index in [0.29, 0.717) is 18.0 Å². The number of carbonyl (C=O) groups excluding carboxylic acids is 1. The van der Waals surface area contributed by atoms with E-state index in [9.17, 15) is 14.7 Å². The van der Waals surface area contributed by atoms with Crippen LogP contribution in [0.4, 0.5) is 5.69 Å². The normalized spacial score (nSPS) is 10.4. The number of amides is 1. The fourth-order valence-electron chi connectivity index (χ4n) is 2.33. The van der Waals surface area contributed by atoms with Crippen LogP contribution in [0.3, 0.4) is 0 Å². The molecule has 2 aromatic carbocycles. The number of rotatable bonds is 8. The standard InChI is InChI=1S/C20H17NO5S/c22-18(13-25-12-14-6-2-1-3-7-14)21-15-8-4-5-9-16(15)26-17-10-11-27-19(17)20(23)24/h1-11H,12-13H2,(H,21,22)(H,23,24). The van der Waals surface area contributed by atoms with Gasteiger partial charge >= 0.3 is 5.97 Å². The summed E-state index contributed by atoms with van der Waals surface area (Å²) >= 11 is 1.07. The monoisotopic (exact) mass is 383 g/mol. The Morgan fingerprint density at radius 2 is 1.70 bits per heavy atom. The zero-order valence-corrected chi connectivity index (χ0v) is 15.1. The van der Waals surface area contributed by atoms with Crippen molar-refractivity contribution in [1.29, 1.82) is 0 Å². The second kappa shape index (κ2) is 8.98. The molecule has 27 heavy (non-hydrogen) atoms. The van der Waals surface area contributed by atoms with Gasteiger partial charge in [-0.05, 0) is 29.1 Å². The first kappa shape index (κ1) is 18.6. The predicted molar refractivity (Wildman–Crippen MR) is 103 cm³/mol. The molecule has 0 fully saturated rings. The van der Waals surface area contributed by atoms with Crippen LogP contribution in [0.15, 0.2) is 66.0 Å². The van der Waals surface area contributed by atoms with Crippen LogP contribution < -0.4 is 10.1 Å². The topological polar surface area (TPSA) is 84.9 Å². The van der Waals surface area contributed by atoms with Gasteiger partial charge in [-0.15, -0.1) is 11.3 Å². The molecule has 0 aliphatic heterocycles. The zero-order valence-electron chi connectivity index (χ0n) is 14.3. The highest BCUT2D eigenvalue weighted by Gasteiger charge is 2.16. The number of hydrogen-bond acceptors (Lipinski definition) is 5. The molecule has 1 heterocycles. The lowest BCUT2D eigenvalue weighted by atomic mass is 10.2. The molecule has 0 aliphatic carbocycles. The second-order valence-electron chi connectivity index (χ2n) is 5.54. The number of nitrogens with one attached hydrogen (secondary N) is 1. The van der Waals surface area contributed by atoms with E-state index in [-0.39, 0.29) is 23.1 Å². The summed E-state index contributed by atoms with van der Waals surface area (Å²) in [6.07, 6.45) is 0. The van der Waals surface area contributed by atoms with Crippen molar-refractivity contribution in [2.45, 2.75) is 6.61 Å². The molecule has 0 atom stereocenters. The highest BCUT2D eigenvalue weighted by molar-refractivity contribution is 7.12. The van der Waals surface area contributed by atoms with Crippen LogP contribution in [0.2, 0.25) is 0 Å². The second-order valence-corrected chi connectivity index (χ2v) is 6.46. The van der Waals surface area contributed by atoms with Gasteiger partial charge in [-0.1, -0.05) is 42.5 Å². The predicted octanol–water partition coefficient (Wildman–Crippen LogP) is 4.39. The third-order valence-corrected chi connectivity index (χ3v) is 4.43. The first-order valence-electron chi connectivity index (χ1n) is 8.12. The van der Waals surface area contributed by atoms with Gasteiger partial charge in [0.25, 0.3) is 0 Å². The molecular formula is C20H17NO5S. The molecule has 0 saturated heterocycles. The number of ether oxygens (including phenoxy) is 2. The maximum absolute atomic E-state index is 12.1. The minimum absolute atomic E-state index is 0.0994. The molecule has 1 aromatic heterocycles. The van der Waals surface area contributed by atoms with Crippen LogP contribution in [0.25, 0.3) is 0 Å². The van der Waals surface area contributed by atoms with Gasteiger partial charge in [0.15, 0.2) is 16.4 Å². The average Bonchev–Trinajstić information content (AvgIpc) is 3.13. The van der Waals surface area contributed by atoms with E-state index in [4.69, 9.17) is 9.47 Å². The summed E-state index contributed by atoms with van der Waals surface area (Å²) in [5.74, 6) is -0.800. The highest BCUT2D eigenvalue weighted by atomic mass is 32.1. The van der Waals surface area contributed by atoms with Crippen LogP contribution in [0, 0.1) is 0 Å². The van der Waals surface area contributed by atoms with Crippen LogP contribution in [0.1, 0.15) is 15.2 Å². The lowest BCUT2D eigenvalue weighted by Gasteiger charge is -2.12. The Labute approximate surface area is 160 Å². The van der Waals surface area contributed by atoms with Gasteiger partial charge < -0.3 is 19.9 Å². The Hall–Kier alpha value is -3.16. The number of anilines is 1. The summed E-state index contributed by atoms with van der Waals surface area (Å²) in [6, 6.07) is 18.0. The van der Waals surface area contributed by atoms with Crippen LogP contribution >= 0.6 is 11.3 Å². The summed E-state index contributed by atoms with van der Waals surface area (Å²) in [7, 11) is 0. The van der Waals surface area contributed by atoms with Crippen molar-refractivity contribution in [2.75, 3.05) is 11.9 Å². The molecule has 7 heteroatoms. The molecular weight excluding hydrogens is 366 g/mol. The number of carboxylic acid groups (broad SMARTS) is 1. The quantitative estimate of drug-likeness (QED) is 0.602. The average molecular weight is 383 g/mol. The van der Waals surface area contributed by atoms with Crippen LogP contribution in [-0.2, 0) is 16.1 Å². The molecule has 2 N–H and O–H groups in total. The minimum atomic E-state index is -1.06. The van der Waals surface area contributed by atoms with Gasteiger partial charge in [-0.2, -0.15) is 0 Å². The van der Waals surface area contributed by atoms with Crippen molar-refractivity contribution in [3.05, 3.63) is 76.5 Å². The summed E-state index contributed by atoms with van der Waals surface area (Å²) < 4.78 is 11.1. The van der Waals surface area contributed by atoms with Gasteiger partial charge in [-0.3, -0.25) is 4.79 Å². The van der Waals surface area contributed by atoms with E-state index in [1.165, 1.54) is 0 Å². The molecule has 0 unspecified atom stereocenters. The van der Waals surface area contributed by atoms with Crippen molar-refractivity contribution < 1.29 is 24.2 Å². The Morgan fingerprint density at radius 1 is 0.963 bits per heavy atom. The summed E-state index contributed by atoms with van der Waals surface area (Å²) in [4.78, 5) is 23.5. The van der Waals surface area contributed by atoms with E-state index in [0.717, 1.165) is 16.9 Å². The maximum atomic E-state index is 12.1. The largest absolute Gasteiger partial charge is 0.477 e. The number of para-hydroxylation sites is 2. The van der Waals surface area contributed by atoms with E-state index in [1.807, 2.05) is 30.3 Å². The van der Waals surface area contributed by atoms with Gasteiger partial charge in [0, 0.05) is 0 Å². The first-order valence-corrected chi connectivity index (χ1v) is 9.00. The number of carbonyl (C=O) groups is 2. The first-order chi connectivity index (χ1) is 13.1. The van der Waals surface area contributed by atoms with Crippen LogP contribution in [0.5, 0.6) is 11.5 Å². The molecule has 0 aliphatic rings. The highest BCUT2D eigenvalue weighted by Crippen LogP contribution is 2.33. The number of carboxylic acids is 1. The fraction of sp³-hybridized carbons (Fsp3) is 0.100. The molecule has 0 saturated carbocycles. The van der Waals surface area contributed by atoms with Crippen LogP contribution in [-0.4, -0.2) is 23.6 Å². The lowest BCUT2D eigenvalue weighted by Crippen LogP contribution is -2.18. The number of hydrogen-bond donors (Lipinski definition) is 2. The van der Waals surface area contributed by atoms with Crippen molar-refractivity contribution in [3.63, 3.8) is 0 Å². The van der Waals surface area contributed by atoms with Crippen molar-refractivity contribution in [3.8, 4) is 11.5 Å². The summed E-state index contributed by atoms with van der Waals surface area (Å²) in [6.45, 7) is 0.228. The van der Waals surface area contributed by atoms with Gasteiger partial charge in [0.05, 0.1) is 12.3 Å². The third kappa shape index (κ3) is 5.16. The fourth-order valence-corrected chi connectivity index (χ4v) is 2.99.